The first-order valence-electron chi connectivity index (χ1n) is 9.27. The molecule has 0 fully saturated rings. The second-order valence-electron chi connectivity index (χ2n) is 7.16. The van der Waals surface area contributed by atoms with Gasteiger partial charge in [0, 0.05) is 0 Å². The Labute approximate surface area is 181 Å². The molecule has 0 bridgehead atoms. The number of hydrogen-bond donors (Lipinski definition) is 8. The summed E-state index contributed by atoms with van der Waals surface area (Å²) in [6.45, 7) is 3.00. The number of primary amides is 1. The molecule has 0 aliphatic carbocycles. The minimum atomic E-state index is -1.79. The number of carboxylic acid groups (broad SMARTS) is 3. The van der Waals surface area contributed by atoms with Crippen LogP contribution in [0, 0.1) is 5.92 Å². The second kappa shape index (κ2) is 12.8. The molecule has 10 N–H and O–H groups in total. The van der Waals surface area contributed by atoms with Crippen molar-refractivity contribution in [3.63, 3.8) is 0 Å². The molecule has 32 heavy (non-hydrogen) atoms. The van der Waals surface area contributed by atoms with Crippen LogP contribution in [0.4, 0.5) is 0 Å². The number of nitrogens with one attached hydrogen (secondary N) is 3. The maximum atomic E-state index is 12.5. The highest BCUT2D eigenvalue weighted by molar-refractivity contribution is 5.97. The van der Waals surface area contributed by atoms with Crippen molar-refractivity contribution in [1.29, 1.82) is 0 Å². The van der Waals surface area contributed by atoms with E-state index in [1.807, 2.05) is 10.6 Å². The first-order chi connectivity index (χ1) is 14.6. The largest absolute Gasteiger partial charge is 0.481 e. The highest BCUT2D eigenvalue weighted by Gasteiger charge is 2.33. The Kier molecular flexibility index (Phi) is 11.3. The summed E-state index contributed by atoms with van der Waals surface area (Å²) in [6.07, 6.45) is -2.52. The average molecular weight is 461 g/mol. The number of carboxylic acids is 3. The van der Waals surface area contributed by atoms with Crippen LogP contribution in [0.25, 0.3) is 0 Å². The van der Waals surface area contributed by atoms with Gasteiger partial charge in [0.25, 0.3) is 0 Å². The van der Waals surface area contributed by atoms with Crippen LogP contribution in [0.15, 0.2) is 0 Å². The van der Waals surface area contributed by atoms with E-state index in [2.05, 4.69) is 5.32 Å². The normalized spacial score (nSPS) is 14.4. The molecular weight excluding hydrogens is 434 g/mol. The smallest absolute Gasteiger partial charge is 0.326 e. The van der Waals surface area contributed by atoms with E-state index in [-0.39, 0.29) is 0 Å². The lowest BCUT2D eigenvalue weighted by Crippen LogP contribution is -2.58. The fraction of sp³-hybridized carbons (Fsp3) is 0.588. The van der Waals surface area contributed by atoms with Crippen LogP contribution in [0.5, 0.6) is 0 Å². The first kappa shape index (κ1) is 28.2. The number of amides is 4. The Morgan fingerprint density at radius 3 is 1.56 bits per heavy atom. The van der Waals surface area contributed by atoms with Gasteiger partial charge in [-0.05, 0) is 5.92 Å². The topological polar surface area (TPSA) is 268 Å². The Morgan fingerprint density at radius 2 is 1.16 bits per heavy atom. The fourth-order valence-electron chi connectivity index (χ4n) is 2.39. The first-order valence-corrected chi connectivity index (χ1v) is 9.27. The molecule has 0 aromatic carbocycles. The minimum Gasteiger partial charge on any atom is -0.481 e. The van der Waals surface area contributed by atoms with E-state index < -0.39 is 90.9 Å². The highest BCUT2D eigenvalue weighted by Crippen LogP contribution is 2.05. The summed E-state index contributed by atoms with van der Waals surface area (Å²) in [6, 6.07) is -6.42. The van der Waals surface area contributed by atoms with Crippen LogP contribution in [0.2, 0.25) is 0 Å². The van der Waals surface area contributed by atoms with Gasteiger partial charge in [0.05, 0.1) is 25.3 Å². The summed E-state index contributed by atoms with van der Waals surface area (Å²) in [4.78, 5) is 81.2. The third kappa shape index (κ3) is 10.3. The zero-order chi connectivity index (χ0) is 25.2. The molecule has 180 valence electrons. The molecule has 0 saturated carbocycles. The molecular formula is C17H27N5O10. The van der Waals surface area contributed by atoms with E-state index in [1.54, 1.807) is 0 Å². The van der Waals surface area contributed by atoms with Gasteiger partial charge < -0.3 is 42.7 Å². The van der Waals surface area contributed by atoms with Gasteiger partial charge in [0.15, 0.2) is 0 Å². The number of carbonyl (C=O) groups excluding carboxylic acids is 4. The molecule has 0 radical (unpaired) electrons. The summed E-state index contributed by atoms with van der Waals surface area (Å²) >= 11 is 0. The van der Waals surface area contributed by atoms with E-state index in [9.17, 15) is 38.7 Å². The third-order valence-electron chi connectivity index (χ3n) is 4.01. The number of rotatable bonds is 14. The average Bonchev–Trinajstić information content (AvgIpc) is 2.62. The fourth-order valence-corrected chi connectivity index (χ4v) is 2.39. The van der Waals surface area contributed by atoms with Crippen molar-refractivity contribution in [2.24, 2.45) is 17.4 Å². The van der Waals surface area contributed by atoms with Crippen LogP contribution in [-0.4, -0.2) is 81.0 Å². The Hall–Kier alpha value is -3.75. The number of aliphatic carboxylic acids is 3. The van der Waals surface area contributed by atoms with E-state index in [4.69, 9.17) is 21.7 Å². The predicted molar refractivity (Wildman–Crippen MR) is 105 cm³/mol. The van der Waals surface area contributed by atoms with Crippen molar-refractivity contribution in [2.75, 3.05) is 0 Å². The lowest BCUT2D eigenvalue weighted by atomic mass is 10.0. The van der Waals surface area contributed by atoms with Gasteiger partial charge in [0.2, 0.25) is 23.6 Å². The van der Waals surface area contributed by atoms with Gasteiger partial charge >= 0.3 is 17.9 Å². The van der Waals surface area contributed by atoms with E-state index in [0.29, 0.717) is 0 Å². The maximum absolute atomic E-state index is 12.5. The van der Waals surface area contributed by atoms with Crippen LogP contribution >= 0.6 is 0 Å². The van der Waals surface area contributed by atoms with Crippen molar-refractivity contribution in [3.05, 3.63) is 0 Å². The number of carbonyl (C=O) groups is 7. The summed E-state index contributed by atoms with van der Waals surface area (Å²) in [5.41, 5.74) is 10.4. The number of hydrogen-bond acceptors (Lipinski definition) is 8. The molecule has 0 spiro atoms. The summed E-state index contributed by atoms with van der Waals surface area (Å²) < 4.78 is 0. The third-order valence-corrected chi connectivity index (χ3v) is 4.01. The SMILES string of the molecule is CC(C)C(NC(=O)C(CC(N)=O)NC(=O)C(CC(=O)O)NC(=O)C(N)CC(=O)O)C(=O)O. The van der Waals surface area contributed by atoms with Gasteiger partial charge in [-0.2, -0.15) is 0 Å². The molecule has 0 aromatic heterocycles. The molecule has 0 saturated heterocycles. The minimum absolute atomic E-state index is 0.559. The summed E-state index contributed by atoms with van der Waals surface area (Å²) in [7, 11) is 0. The molecule has 0 aliphatic rings. The van der Waals surface area contributed by atoms with E-state index >= 15 is 0 Å². The Morgan fingerprint density at radius 1 is 0.719 bits per heavy atom. The molecule has 4 unspecified atom stereocenters. The van der Waals surface area contributed by atoms with Crippen LogP contribution in [-0.2, 0) is 33.6 Å². The molecule has 4 atom stereocenters. The van der Waals surface area contributed by atoms with Gasteiger partial charge in [-0.15, -0.1) is 0 Å². The molecule has 0 aliphatic heterocycles. The highest BCUT2D eigenvalue weighted by atomic mass is 16.4. The quantitative estimate of drug-likeness (QED) is 0.125. The lowest BCUT2D eigenvalue weighted by Gasteiger charge is -2.25. The zero-order valence-corrected chi connectivity index (χ0v) is 17.4. The van der Waals surface area contributed by atoms with E-state index in [0.717, 1.165) is 0 Å². The standard InChI is InChI=1S/C17H27N5O10/c1-6(2)13(17(31)32)22-16(30)8(4-10(19)23)21-15(29)9(5-12(26)27)20-14(28)7(18)3-11(24)25/h6-9,13H,3-5,18H2,1-2H3,(H2,19,23)(H,20,28)(H,21,29)(H,22,30)(H,24,25)(H,26,27)(H,31,32). The monoisotopic (exact) mass is 461 g/mol. The van der Waals surface area contributed by atoms with Crippen molar-refractivity contribution >= 4 is 41.5 Å². The molecule has 4 amide bonds. The zero-order valence-electron chi connectivity index (χ0n) is 17.4. The van der Waals surface area contributed by atoms with Crippen LogP contribution in [0.3, 0.4) is 0 Å². The number of nitrogens with two attached hydrogens (primary N) is 2. The van der Waals surface area contributed by atoms with Crippen LogP contribution < -0.4 is 27.4 Å². The van der Waals surface area contributed by atoms with Gasteiger partial charge in [-0.25, -0.2) is 4.79 Å². The molecule has 0 rings (SSSR count). The van der Waals surface area contributed by atoms with Crippen molar-refractivity contribution in [1.82, 2.24) is 16.0 Å². The second-order valence-corrected chi connectivity index (χ2v) is 7.16. The molecule has 15 nitrogen and oxygen atoms in total. The molecule has 0 aromatic rings. The van der Waals surface area contributed by atoms with E-state index in [1.165, 1.54) is 13.8 Å². The van der Waals surface area contributed by atoms with Gasteiger partial charge in [0.1, 0.15) is 18.1 Å². The predicted octanol–water partition coefficient (Wildman–Crippen LogP) is -3.67. The Bertz CT molecular complexity index is 769. The summed E-state index contributed by atoms with van der Waals surface area (Å²) in [5, 5.41) is 33.0. The van der Waals surface area contributed by atoms with Crippen molar-refractivity contribution < 1.29 is 48.9 Å². The van der Waals surface area contributed by atoms with Crippen molar-refractivity contribution in [2.45, 2.75) is 57.3 Å². The summed E-state index contributed by atoms with van der Waals surface area (Å²) in [5.74, 6) is -9.36. The van der Waals surface area contributed by atoms with Gasteiger partial charge in [-0.3, -0.25) is 28.8 Å². The Balaban J connectivity index is 5.56. The lowest BCUT2D eigenvalue weighted by molar-refractivity contribution is -0.144. The molecule has 0 heterocycles. The maximum Gasteiger partial charge on any atom is 0.326 e. The van der Waals surface area contributed by atoms with Gasteiger partial charge in [-0.1, -0.05) is 13.8 Å². The van der Waals surface area contributed by atoms with Crippen molar-refractivity contribution in [3.8, 4) is 0 Å². The van der Waals surface area contributed by atoms with Crippen LogP contribution in [0.1, 0.15) is 33.1 Å². The molecule has 15 heteroatoms.